The third-order valence-electron chi connectivity index (χ3n) is 5.75. The van der Waals surface area contributed by atoms with Crippen LogP contribution < -0.4 is 0 Å². The molecular formula is C18H29F2N5O4S. The molecule has 0 N–H and O–H groups in total. The van der Waals surface area contributed by atoms with Gasteiger partial charge in [0.25, 0.3) is 0 Å². The maximum atomic E-state index is 13.0. The molecule has 2 aliphatic heterocycles. The van der Waals surface area contributed by atoms with Gasteiger partial charge in [-0.2, -0.15) is 18.2 Å². The topological polar surface area (TPSA) is 88.0 Å². The Bertz CT molecular complexity index is 842. The van der Waals surface area contributed by atoms with Gasteiger partial charge in [0.1, 0.15) is 4.90 Å². The minimum absolute atomic E-state index is 0.0945. The monoisotopic (exact) mass is 449 g/mol. The molecule has 1 atom stereocenters. The molecule has 0 spiro atoms. The van der Waals surface area contributed by atoms with E-state index in [0.717, 1.165) is 32.3 Å². The number of amides is 1. The lowest BCUT2D eigenvalue weighted by Gasteiger charge is -2.30. The number of carbonyl (C=O) groups excluding carboxylic acids is 1. The summed E-state index contributed by atoms with van der Waals surface area (Å²) < 4.78 is 58.8. The zero-order chi connectivity index (χ0) is 21.9. The van der Waals surface area contributed by atoms with Gasteiger partial charge < -0.3 is 9.64 Å². The molecule has 3 heterocycles. The highest BCUT2D eigenvalue weighted by Gasteiger charge is 2.38. The summed E-state index contributed by atoms with van der Waals surface area (Å²) in [6.07, 6.45) is 2.27. The zero-order valence-corrected chi connectivity index (χ0v) is 18.2. The van der Waals surface area contributed by atoms with E-state index in [9.17, 15) is 22.0 Å². The second-order valence-corrected chi connectivity index (χ2v) is 9.55. The van der Waals surface area contributed by atoms with Crippen molar-refractivity contribution in [3.63, 3.8) is 0 Å². The number of carbonyl (C=O) groups is 1. The minimum atomic E-state index is -3.96. The second-order valence-electron chi connectivity index (χ2n) is 7.64. The van der Waals surface area contributed by atoms with Crippen molar-refractivity contribution >= 4 is 15.9 Å². The lowest BCUT2D eigenvalue weighted by atomic mass is 10.2. The Labute approximate surface area is 175 Å². The highest BCUT2D eigenvalue weighted by molar-refractivity contribution is 7.89. The van der Waals surface area contributed by atoms with Gasteiger partial charge in [-0.3, -0.25) is 9.69 Å². The molecule has 12 heteroatoms. The van der Waals surface area contributed by atoms with Gasteiger partial charge in [0.2, 0.25) is 15.9 Å². The first kappa shape index (κ1) is 23.0. The van der Waals surface area contributed by atoms with Crippen molar-refractivity contribution in [1.29, 1.82) is 0 Å². The van der Waals surface area contributed by atoms with Crippen molar-refractivity contribution in [3.8, 4) is 0 Å². The largest absolute Gasteiger partial charge is 0.379 e. The van der Waals surface area contributed by atoms with Crippen LogP contribution in [0.4, 0.5) is 8.78 Å². The summed E-state index contributed by atoms with van der Waals surface area (Å²) in [5, 5.41) is 3.50. The molecule has 0 saturated carbocycles. The Morgan fingerprint density at radius 2 is 2.03 bits per heavy atom. The van der Waals surface area contributed by atoms with Crippen LogP contribution in [-0.2, 0) is 19.6 Å². The number of nitrogens with zero attached hydrogens (tertiary/aromatic N) is 5. The van der Waals surface area contributed by atoms with E-state index in [1.165, 1.54) is 18.2 Å². The summed E-state index contributed by atoms with van der Waals surface area (Å²) >= 11 is 0. The van der Waals surface area contributed by atoms with Crippen molar-refractivity contribution in [3.05, 3.63) is 11.9 Å². The second kappa shape index (κ2) is 9.67. The summed E-state index contributed by atoms with van der Waals surface area (Å²) in [5.74, 6) is -0.0945. The molecule has 2 fully saturated rings. The highest BCUT2D eigenvalue weighted by atomic mass is 32.2. The molecule has 1 amide bonds. The van der Waals surface area contributed by atoms with Crippen LogP contribution in [-0.4, -0.2) is 96.7 Å². The molecule has 2 aliphatic rings. The first-order chi connectivity index (χ1) is 14.2. The lowest BCUT2D eigenvalue weighted by Crippen LogP contribution is -2.43. The first-order valence-corrected chi connectivity index (χ1v) is 11.6. The van der Waals surface area contributed by atoms with E-state index in [2.05, 4.69) is 10.00 Å². The van der Waals surface area contributed by atoms with Crippen molar-refractivity contribution in [1.82, 2.24) is 23.9 Å². The molecule has 0 radical (unpaired) electrons. The molecule has 3 rings (SSSR count). The van der Waals surface area contributed by atoms with Crippen molar-refractivity contribution < 1.29 is 26.7 Å². The predicted molar refractivity (Wildman–Crippen MR) is 105 cm³/mol. The van der Waals surface area contributed by atoms with E-state index >= 15 is 0 Å². The number of sulfonamides is 1. The number of hydrogen-bond acceptors (Lipinski definition) is 6. The van der Waals surface area contributed by atoms with Crippen LogP contribution in [0.3, 0.4) is 0 Å². The van der Waals surface area contributed by atoms with Gasteiger partial charge >= 0.3 is 6.55 Å². The van der Waals surface area contributed by atoms with Crippen LogP contribution in [0.5, 0.6) is 0 Å². The maximum absolute atomic E-state index is 13.0. The highest BCUT2D eigenvalue weighted by Crippen LogP contribution is 2.27. The van der Waals surface area contributed by atoms with Gasteiger partial charge in [0, 0.05) is 52.2 Å². The van der Waals surface area contributed by atoms with E-state index < -0.39 is 16.6 Å². The molecule has 1 unspecified atom stereocenters. The molecule has 1 aromatic rings. The molecule has 170 valence electrons. The Morgan fingerprint density at radius 3 is 2.63 bits per heavy atom. The molecule has 30 heavy (non-hydrogen) atoms. The van der Waals surface area contributed by atoms with Gasteiger partial charge in [-0.25, -0.2) is 13.1 Å². The number of hydrogen-bond donors (Lipinski definition) is 0. The Kier molecular flexibility index (Phi) is 7.43. The van der Waals surface area contributed by atoms with Gasteiger partial charge in [0.05, 0.1) is 25.1 Å². The quantitative estimate of drug-likeness (QED) is 0.587. The third kappa shape index (κ3) is 4.98. The fourth-order valence-electron chi connectivity index (χ4n) is 4.07. The third-order valence-corrected chi connectivity index (χ3v) is 7.72. The molecule has 2 saturated heterocycles. The first-order valence-electron chi connectivity index (χ1n) is 10.1. The summed E-state index contributed by atoms with van der Waals surface area (Å²) in [6, 6.07) is -0.229. The molecule has 0 aromatic carbocycles. The number of rotatable bonds is 8. The Morgan fingerprint density at radius 1 is 1.33 bits per heavy atom. The van der Waals surface area contributed by atoms with Gasteiger partial charge in [-0.05, 0) is 19.8 Å². The van der Waals surface area contributed by atoms with E-state index in [1.54, 1.807) is 4.90 Å². The molecule has 1 aromatic heterocycles. The van der Waals surface area contributed by atoms with Crippen molar-refractivity contribution in [2.24, 2.45) is 0 Å². The van der Waals surface area contributed by atoms with Gasteiger partial charge in [-0.15, -0.1) is 0 Å². The smallest absolute Gasteiger partial charge is 0.333 e. The molecule has 0 aliphatic carbocycles. The number of aromatic nitrogens is 2. The molecule has 9 nitrogen and oxygen atoms in total. The van der Waals surface area contributed by atoms with Gasteiger partial charge in [-0.1, -0.05) is 0 Å². The number of ether oxygens (including phenoxy) is 1. The average Bonchev–Trinajstić information content (AvgIpc) is 3.33. The Balaban J connectivity index is 1.62. The van der Waals surface area contributed by atoms with Crippen LogP contribution in [0, 0.1) is 6.92 Å². The average molecular weight is 450 g/mol. The van der Waals surface area contributed by atoms with E-state index in [-0.39, 0.29) is 35.6 Å². The summed E-state index contributed by atoms with van der Waals surface area (Å²) in [6.45, 7) is 4.87. The van der Waals surface area contributed by atoms with Crippen LogP contribution in [0.1, 0.15) is 32.0 Å². The standard InChI is InChI=1S/C18H29F2N5O4S/c1-14-17(12-21-25(14)18(19)20)30(27,28)23-7-4-16(13-23)24(15(2)26)6-3-5-22-8-10-29-11-9-22/h12,16,18H,3-11,13H2,1-2H3. The summed E-state index contributed by atoms with van der Waals surface area (Å²) in [5.41, 5.74) is -0.0950. The number of halogens is 2. The van der Waals surface area contributed by atoms with Crippen molar-refractivity contribution in [2.45, 2.75) is 44.2 Å². The normalized spacial score (nSPS) is 21.4. The molecule has 0 bridgehead atoms. The van der Waals surface area contributed by atoms with Crippen LogP contribution in [0.25, 0.3) is 0 Å². The maximum Gasteiger partial charge on any atom is 0.333 e. The van der Waals surface area contributed by atoms with Crippen LogP contribution in [0.2, 0.25) is 0 Å². The fraction of sp³-hybridized carbons (Fsp3) is 0.778. The predicted octanol–water partition coefficient (Wildman–Crippen LogP) is 0.920. The van der Waals surface area contributed by atoms with Crippen LogP contribution >= 0.6 is 0 Å². The number of morpholine rings is 1. The molecular weight excluding hydrogens is 420 g/mol. The minimum Gasteiger partial charge on any atom is -0.379 e. The summed E-state index contributed by atoms with van der Waals surface area (Å²) in [4.78, 5) is 16.0. The van der Waals surface area contributed by atoms with E-state index in [1.807, 2.05) is 0 Å². The Hall–Kier alpha value is -1.63. The van der Waals surface area contributed by atoms with Crippen molar-refractivity contribution in [2.75, 3.05) is 52.5 Å². The SMILES string of the molecule is CC(=O)N(CCCN1CCOCC1)C1CCN(S(=O)(=O)c2cnn(C(F)F)c2C)C1. The summed E-state index contributed by atoms with van der Waals surface area (Å²) in [7, 11) is -3.96. The lowest BCUT2D eigenvalue weighted by molar-refractivity contribution is -0.131. The number of alkyl halides is 2. The fourth-order valence-corrected chi connectivity index (χ4v) is 5.71. The van der Waals surface area contributed by atoms with Gasteiger partial charge in [0.15, 0.2) is 0 Å². The van der Waals surface area contributed by atoms with E-state index in [0.29, 0.717) is 30.9 Å². The van der Waals surface area contributed by atoms with Crippen LogP contribution in [0.15, 0.2) is 11.1 Å². The van der Waals surface area contributed by atoms with E-state index in [4.69, 9.17) is 4.74 Å². The zero-order valence-electron chi connectivity index (χ0n) is 17.3.